The summed E-state index contributed by atoms with van der Waals surface area (Å²) in [6.07, 6.45) is 10.9. The maximum Gasteiger partial charge on any atom is 0.250 e. The Kier molecular flexibility index (Phi) is 8.70. The van der Waals surface area contributed by atoms with Gasteiger partial charge in [0.15, 0.2) is 0 Å². The monoisotopic (exact) mass is 467 g/mol. The fraction of sp³-hybridized carbons (Fsp3) is 0.690. The van der Waals surface area contributed by atoms with E-state index in [0.29, 0.717) is 17.8 Å². The zero-order valence-corrected chi connectivity index (χ0v) is 21.7. The van der Waals surface area contributed by atoms with Gasteiger partial charge in [-0.25, -0.2) is 0 Å². The van der Waals surface area contributed by atoms with Crippen LogP contribution >= 0.6 is 0 Å². The predicted octanol–water partition coefficient (Wildman–Crippen LogP) is 6.25. The molecule has 0 saturated heterocycles. The molecule has 2 saturated carbocycles. The molecule has 3 atom stereocenters. The number of nitrogens with zero attached hydrogens (tertiary/aromatic N) is 1. The number of anilines is 1. The van der Waals surface area contributed by atoms with Crippen LogP contribution in [0.3, 0.4) is 0 Å². The summed E-state index contributed by atoms with van der Waals surface area (Å²) < 4.78 is 6.16. The summed E-state index contributed by atoms with van der Waals surface area (Å²) in [4.78, 5) is 18.7. The number of aromatic nitrogens is 1. The molecule has 1 aromatic heterocycles. The van der Waals surface area contributed by atoms with E-state index in [1.807, 2.05) is 6.07 Å². The Bertz CT molecular complexity index is 933. The Balaban J connectivity index is 1.33. The molecule has 188 valence electrons. The smallest absolute Gasteiger partial charge is 0.250 e. The Morgan fingerprint density at radius 3 is 2.76 bits per heavy atom. The standard InChI is InChI=1S/C29H45N3O2/c1-5-13-32(18-22-7-8-22)14-12-23-17-30-27-11-9-24(16-26(23)27)31-29(33)19-34-28-15-21(4)6-10-25(28)20(2)3/h9,11,16-17,20-22,25,28,30H,5-8,10,12-15,18-19H2,1-4H3,(H,31,33)/t21-,25+,28-/m1/s1. The molecule has 1 aromatic carbocycles. The van der Waals surface area contributed by atoms with Crippen molar-refractivity contribution in [2.75, 3.05) is 31.6 Å². The van der Waals surface area contributed by atoms with Crippen molar-refractivity contribution in [2.24, 2.45) is 23.7 Å². The summed E-state index contributed by atoms with van der Waals surface area (Å²) in [5, 5.41) is 4.29. The van der Waals surface area contributed by atoms with Gasteiger partial charge in [-0.05, 0) is 92.5 Å². The molecule has 0 bridgehead atoms. The van der Waals surface area contributed by atoms with Crippen molar-refractivity contribution in [3.63, 3.8) is 0 Å². The molecule has 2 fully saturated rings. The van der Waals surface area contributed by atoms with Crippen LogP contribution in [-0.2, 0) is 16.0 Å². The van der Waals surface area contributed by atoms with Crippen LogP contribution in [0.2, 0.25) is 0 Å². The van der Waals surface area contributed by atoms with Crippen molar-refractivity contribution in [3.8, 4) is 0 Å². The minimum Gasteiger partial charge on any atom is -0.368 e. The number of hydrogen-bond acceptors (Lipinski definition) is 3. The molecular weight excluding hydrogens is 422 g/mol. The normalized spacial score (nSPS) is 23.2. The lowest BCUT2D eigenvalue weighted by molar-refractivity contribution is -0.126. The third-order valence-corrected chi connectivity index (χ3v) is 7.89. The largest absolute Gasteiger partial charge is 0.368 e. The van der Waals surface area contributed by atoms with Crippen LogP contribution in [0, 0.1) is 23.7 Å². The number of H-pyrrole nitrogens is 1. The predicted molar refractivity (Wildman–Crippen MR) is 141 cm³/mol. The van der Waals surface area contributed by atoms with Gasteiger partial charge in [-0.2, -0.15) is 0 Å². The minimum absolute atomic E-state index is 0.0595. The summed E-state index contributed by atoms with van der Waals surface area (Å²) in [6, 6.07) is 6.17. The lowest BCUT2D eigenvalue weighted by Gasteiger charge is -2.37. The number of nitrogens with one attached hydrogen (secondary N) is 2. The van der Waals surface area contributed by atoms with Gasteiger partial charge in [-0.3, -0.25) is 4.79 Å². The van der Waals surface area contributed by atoms with Gasteiger partial charge in [0.2, 0.25) is 5.91 Å². The highest BCUT2D eigenvalue weighted by molar-refractivity contribution is 5.95. The second kappa shape index (κ2) is 11.7. The average Bonchev–Trinajstić information content (AvgIpc) is 3.53. The summed E-state index contributed by atoms with van der Waals surface area (Å²) in [6.45, 7) is 12.8. The van der Waals surface area contributed by atoms with Crippen molar-refractivity contribution in [3.05, 3.63) is 30.0 Å². The number of fused-ring (bicyclic) bond motifs is 1. The quantitative estimate of drug-likeness (QED) is 0.388. The summed E-state index contributed by atoms with van der Waals surface area (Å²) >= 11 is 0. The SMILES string of the molecule is CCCN(CCc1c[nH]c2ccc(NC(=O)CO[C@@H]3C[C@H](C)CC[C@H]3C(C)C)cc12)CC1CC1. The highest BCUT2D eigenvalue weighted by Gasteiger charge is 2.31. The van der Waals surface area contributed by atoms with Gasteiger partial charge in [-0.15, -0.1) is 0 Å². The van der Waals surface area contributed by atoms with Crippen LogP contribution in [0.25, 0.3) is 10.9 Å². The fourth-order valence-electron chi connectivity index (χ4n) is 5.70. The number of benzene rings is 1. The van der Waals surface area contributed by atoms with Crippen LogP contribution in [0.5, 0.6) is 0 Å². The van der Waals surface area contributed by atoms with Gasteiger partial charge in [0.1, 0.15) is 6.61 Å². The third-order valence-electron chi connectivity index (χ3n) is 7.89. The summed E-state index contributed by atoms with van der Waals surface area (Å²) in [7, 11) is 0. The van der Waals surface area contributed by atoms with E-state index in [2.05, 4.69) is 61.2 Å². The van der Waals surface area contributed by atoms with Gasteiger partial charge in [0.25, 0.3) is 0 Å². The number of carbonyl (C=O) groups excluding carboxylic acids is 1. The Hall–Kier alpha value is -1.85. The maximum atomic E-state index is 12.7. The summed E-state index contributed by atoms with van der Waals surface area (Å²) in [5.41, 5.74) is 3.31. The number of ether oxygens (including phenoxy) is 1. The molecule has 0 spiro atoms. The van der Waals surface area contributed by atoms with Gasteiger partial charge >= 0.3 is 0 Å². The van der Waals surface area contributed by atoms with Gasteiger partial charge in [-0.1, -0.05) is 34.1 Å². The van der Waals surface area contributed by atoms with Crippen LogP contribution in [-0.4, -0.2) is 48.1 Å². The van der Waals surface area contributed by atoms with E-state index in [-0.39, 0.29) is 18.6 Å². The zero-order chi connectivity index (χ0) is 24.1. The van der Waals surface area contributed by atoms with Crippen LogP contribution in [0.15, 0.2) is 24.4 Å². The van der Waals surface area contributed by atoms with Crippen molar-refractivity contribution >= 4 is 22.5 Å². The highest BCUT2D eigenvalue weighted by atomic mass is 16.5. The van der Waals surface area contributed by atoms with Crippen molar-refractivity contribution in [1.82, 2.24) is 9.88 Å². The van der Waals surface area contributed by atoms with Crippen molar-refractivity contribution < 1.29 is 9.53 Å². The first kappa shape index (κ1) is 25.2. The maximum absolute atomic E-state index is 12.7. The van der Waals surface area contributed by atoms with E-state index in [1.165, 1.54) is 56.1 Å². The van der Waals surface area contributed by atoms with Crippen LogP contribution in [0.1, 0.15) is 71.8 Å². The number of aromatic amines is 1. The minimum atomic E-state index is -0.0595. The lowest BCUT2D eigenvalue weighted by atomic mass is 9.75. The van der Waals surface area contributed by atoms with Crippen molar-refractivity contribution in [1.29, 1.82) is 0 Å². The molecule has 0 aliphatic heterocycles. The average molecular weight is 468 g/mol. The number of rotatable bonds is 12. The fourth-order valence-corrected chi connectivity index (χ4v) is 5.70. The molecule has 2 aliphatic rings. The van der Waals surface area contributed by atoms with E-state index in [9.17, 15) is 4.79 Å². The van der Waals surface area contributed by atoms with E-state index in [4.69, 9.17) is 4.74 Å². The Labute approximate surface area is 206 Å². The molecular formula is C29H45N3O2. The van der Waals surface area contributed by atoms with E-state index in [1.54, 1.807) is 0 Å². The third kappa shape index (κ3) is 6.85. The molecule has 0 radical (unpaired) electrons. The topological polar surface area (TPSA) is 57.4 Å². The first-order chi connectivity index (χ1) is 16.4. The molecule has 4 rings (SSSR count). The summed E-state index contributed by atoms with van der Waals surface area (Å²) in [5.74, 6) is 2.68. The Morgan fingerprint density at radius 1 is 1.21 bits per heavy atom. The molecule has 2 aliphatic carbocycles. The zero-order valence-electron chi connectivity index (χ0n) is 21.7. The van der Waals surface area contributed by atoms with Crippen molar-refractivity contribution in [2.45, 2.75) is 78.7 Å². The first-order valence-corrected chi connectivity index (χ1v) is 13.7. The molecule has 2 N–H and O–H groups in total. The lowest BCUT2D eigenvalue weighted by Crippen LogP contribution is -2.36. The second-order valence-corrected chi connectivity index (χ2v) is 11.3. The molecule has 34 heavy (non-hydrogen) atoms. The second-order valence-electron chi connectivity index (χ2n) is 11.3. The van der Waals surface area contributed by atoms with Gasteiger partial charge in [0, 0.05) is 35.9 Å². The number of carbonyl (C=O) groups is 1. The van der Waals surface area contributed by atoms with E-state index in [0.717, 1.165) is 36.5 Å². The molecule has 5 heteroatoms. The van der Waals surface area contributed by atoms with Crippen LogP contribution in [0.4, 0.5) is 5.69 Å². The van der Waals surface area contributed by atoms with Crippen LogP contribution < -0.4 is 5.32 Å². The molecule has 5 nitrogen and oxygen atoms in total. The highest BCUT2D eigenvalue weighted by Crippen LogP contribution is 2.35. The first-order valence-electron chi connectivity index (χ1n) is 13.7. The van der Waals surface area contributed by atoms with Gasteiger partial charge < -0.3 is 19.9 Å². The number of hydrogen-bond donors (Lipinski definition) is 2. The van der Waals surface area contributed by atoms with E-state index < -0.39 is 0 Å². The Morgan fingerprint density at radius 2 is 2.03 bits per heavy atom. The molecule has 0 unspecified atom stereocenters. The van der Waals surface area contributed by atoms with Gasteiger partial charge in [0.05, 0.1) is 6.10 Å². The molecule has 1 heterocycles. The molecule has 2 aromatic rings. The van der Waals surface area contributed by atoms with E-state index >= 15 is 0 Å². The molecule has 1 amide bonds. The number of amides is 1.